The topological polar surface area (TPSA) is 21.3 Å². The molecule has 2 aromatic carbocycles. The summed E-state index contributed by atoms with van der Waals surface area (Å²) in [6, 6.07) is 15.1. The summed E-state index contributed by atoms with van der Waals surface area (Å²) in [4.78, 5) is 0. The fourth-order valence-electron chi connectivity index (χ4n) is 2.37. The van der Waals surface area contributed by atoms with E-state index < -0.39 is 0 Å². The number of methoxy groups -OCH3 is 1. The monoisotopic (exact) mass is 459 g/mol. The molecule has 0 bridgehead atoms. The Hall–Kier alpha value is -0.590. The van der Waals surface area contributed by atoms with Crippen molar-refractivity contribution in [1.82, 2.24) is 5.32 Å². The third kappa shape index (κ3) is 4.69. The second-order valence-corrected chi connectivity index (χ2v) is 6.99. The Balaban J connectivity index is 2.28. The number of rotatable bonds is 6. The Bertz CT molecular complexity index is 586. The molecule has 1 unspecified atom stereocenters. The van der Waals surface area contributed by atoms with Crippen LogP contribution >= 0.6 is 38.5 Å². The SMILES string of the molecule is CCNC(Cc1ccc(I)cc1)c1ccc(Br)cc1OC. The van der Waals surface area contributed by atoms with Crippen LogP contribution in [-0.4, -0.2) is 13.7 Å². The highest BCUT2D eigenvalue weighted by atomic mass is 127. The van der Waals surface area contributed by atoms with Crippen LogP contribution < -0.4 is 10.1 Å². The summed E-state index contributed by atoms with van der Waals surface area (Å²) < 4.78 is 7.84. The fraction of sp³-hybridized carbons (Fsp3) is 0.294. The molecule has 0 aromatic heterocycles. The molecule has 0 aliphatic heterocycles. The fourth-order valence-corrected chi connectivity index (χ4v) is 3.07. The van der Waals surface area contributed by atoms with Gasteiger partial charge < -0.3 is 10.1 Å². The van der Waals surface area contributed by atoms with Crippen LogP contribution in [-0.2, 0) is 6.42 Å². The first-order valence-corrected chi connectivity index (χ1v) is 8.82. The van der Waals surface area contributed by atoms with Crippen LogP contribution in [0.1, 0.15) is 24.1 Å². The Kier molecular flexibility index (Phi) is 6.51. The molecule has 0 spiro atoms. The van der Waals surface area contributed by atoms with E-state index in [4.69, 9.17) is 4.74 Å². The quantitative estimate of drug-likeness (QED) is 0.616. The maximum Gasteiger partial charge on any atom is 0.124 e. The van der Waals surface area contributed by atoms with Gasteiger partial charge in [0.1, 0.15) is 5.75 Å². The molecule has 2 aromatic rings. The lowest BCUT2D eigenvalue weighted by molar-refractivity contribution is 0.399. The molecule has 0 saturated heterocycles. The van der Waals surface area contributed by atoms with Crippen molar-refractivity contribution in [3.63, 3.8) is 0 Å². The number of nitrogens with one attached hydrogen (secondary N) is 1. The van der Waals surface area contributed by atoms with Crippen LogP contribution in [0.25, 0.3) is 0 Å². The maximum atomic E-state index is 5.54. The Morgan fingerprint density at radius 3 is 2.52 bits per heavy atom. The lowest BCUT2D eigenvalue weighted by Crippen LogP contribution is -2.23. The van der Waals surface area contributed by atoms with Gasteiger partial charge in [-0.15, -0.1) is 0 Å². The summed E-state index contributed by atoms with van der Waals surface area (Å²) in [5, 5.41) is 3.56. The maximum absolute atomic E-state index is 5.54. The van der Waals surface area contributed by atoms with Crippen LogP contribution in [0.3, 0.4) is 0 Å². The molecule has 0 saturated carbocycles. The largest absolute Gasteiger partial charge is 0.496 e. The summed E-state index contributed by atoms with van der Waals surface area (Å²) >= 11 is 5.83. The van der Waals surface area contributed by atoms with Gasteiger partial charge in [0.25, 0.3) is 0 Å². The van der Waals surface area contributed by atoms with Crippen LogP contribution in [0, 0.1) is 3.57 Å². The van der Waals surface area contributed by atoms with Gasteiger partial charge in [-0.1, -0.05) is 41.1 Å². The molecule has 2 rings (SSSR count). The molecule has 112 valence electrons. The van der Waals surface area contributed by atoms with Gasteiger partial charge in [0.15, 0.2) is 0 Å². The number of likely N-dealkylation sites (N-methyl/N-ethyl adjacent to an activating group) is 1. The molecule has 0 aliphatic rings. The zero-order valence-electron chi connectivity index (χ0n) is 12.2. The van der Waals surface area contributed by atoms with Crippen molar-refractivity contribution in [3.8, 4) is 5.75 Å². The van der Waals surface area contributed by atoms with Crippen LogP contribution in [0.15, 0.2) is 46.9 Å². The van der Waals surface area contributed by atoms with Gasteiger partial charge in [0.2, 0.25) is 0 Å². The average Bonchev–Trinajstić information content (AvgIpc) is 2.49. The van der Waals surface area contributed by atoms with Gasteiger partial charge in [-0.25, -0.2) is 0 Å². The minimum absolute atomic E-state index is 0.248. The van der Waals surface area contributed by atoms with Gasteiger partial charge in [-0.05, 0) is 65.4 Å². The van der Waals surface area contributed by atoms with Gasteiger partial charge >= 0.3 is 0 Å². The molecule has 0 fully saturated rings. The highest BCUT2D eigenvalue weighted by Crippen LogP contribution is 2.30. The molecule has 0 amide bonds. The molecule has 0 aliphatic carbocycles. The zero-order chi connectivity index (χ0) is 15.2. The highest BCUT2D eigenvalue weighted by molar-refractivity contribution is 14.1. The van der Waals surface area contributed by atoms with Crippen LogP contribution in [0.4, 0.5) is 0 Å². The van der Waals surface area contributed by atoms with Crippen molar-refractivity contribution in [2.24, 2.45) is 0 Å². The lowest BCUT2D eigenvalue weighted by Gasteiger charge is -2.21. The van der Waals surface area contributed by atoms with Crippen molar-refractivity contribution >= 4 is 38.5 Å². The molecule has 1 atom stereocenters. The molecule has 4 heteroatoms. The smallest absolute Gasteiger partial charge is 0.124 e. The standard InChI is InChI=1S/C17H19BrINO/c1-3-20-16(10-12-4-7-14(19)8-5-12)15-9-6-13(18)11-17(15)21-2/h4-9,11,16,20H,3,10H2,1-2H3. The van der Waals surface area contributed by atoms with Crippen molar-refractivity contribution in [2.45, 2.75) is 19.4 Å². The summed E-state index contributed by atoms with van der Waals surface area (Å²) in [5.41, 5.74) is 2.52. The van der Waals surface area contributed by atoms with Crippen LogP contribution in [0.5, 0.6) is 5.75 Å². The van der Waals surface area contributed by atoms with Crippen molar-refractivity contribution in [2.75, 3.05) is 13.7 Å². The molecular weight excluding hydrogens is 441 g/mol. The first-order chi connectivity index (χ1) is 10.1. The predicted molar refractivity (Wildman–Crippen MR) is 100.0 cm³/mol. The highest BCUT2D eigenvalue weighted by Gasteiger charge is 2.16. The van der Waals surface area contributed by atoms with E-state index in [9.17, 15) is 0 Å². The minimum atomic E-state index is 0.248. The van der Waals surface area contributed by atoms with E-state index in [-0.39, 0.29) is 6.04 Å². The third-order valence-corrected chi connectivity index (χ3v) is 4.59. The number of hydrogen-bond donors (Lipinski definition) is 1. The summed E-state index contributed by atoms with van der Waals surface area (Å²) in [5.74, 6) is 0.917. The van der Waals surface area contributed by atoms with Crippen molar-refractivity contribution in [3.05, 3.63) is 61.6 Å². The van der Waals surface area contributed by atoms with Gasteiger partial charge in [-0.2, -0.15) is 0 Å². The summed E-state index contributed by atoms with van der Waals surface area (Å²) in [7, 11) is 1.72. The Labute approximate surface area is 148 Å². The summed E-state index contributed by atoms with van der Waals surface area (Å²) in [6.45, 7) is 3.06. The number of halogens is 2. The zero-order valence-corrected chi connectivity index (χ0v) is 15.9. The van der Waals surface area contributed by atoms with E-state index in [0.29, 0.717) is 0 Å². The molecule has 21 heavy (non-hydrogen) atoms. The molecule has 0 heterocycles. The van der Waals surface area contributed by atoms with Gasteiger partial charge in [0, 0.05) is 19.6 Å². The normalized spacial score (nSPS) is 12.2. The van der Waals surface area contributed by atoms with Crippen molar-refractivity contribution < 1.29 is 4.74 Å². The van der Waals surface area contributed by atoms with Gasteiger partial charge in [-0.3, -0.25) is 0 Å². The van der Waals surface area contributed by atoms with Crippen molar-refractivity contribution in [1.29, 1.82) is 0 Å². The predicted octanol–water partition coefficient (Wildman–Crippen LogP) is 4.96. The number of hydrogen-bond acceptors (Lipinski definition) is 2. The summed E-state index contributed by atoms with van der Waals surface area (Å²) in [6.07, 6.45) is 0.947. The number of ether oxygens (including phenoxy) is 1. The van der Waals surface area contributed by atoms with E-state index in [0.717, 1.165) is 23.2 Å². The van der Waals surface area contributed by atoms with E-state index in [1.54, 1.807) is 7.11 Å². The Morgan fingerprint density at radius 2 is 1.90 bits per heavy atom. The van der Waals surface area contributed by atoms with E-state index in [1.807, 2.05) is 6.07 Å². The average molecular weight is 460 g/mol. The van der Waals surface area contributed by atoms with E-state index in [2.05, 4.69) is 87.2 Å². The van der Waals surface area contributed by atoms with Crippen LogP contribution in [0.2, 0.25) is 0 Å². The van der Waals surface area contributed by atoms with E-state index in [1.165, 1.54) is 14.7 Å². The second-order valence-electron chi connectivity index (χ2n) is 4.83. The lowest BCUT2D eigenvalue weighted by atomic mass is 9.98. The molecule has 1 N–H and O–H groups in total. The van der Waals surface area contributed by atoms with Gasteiger partial charge in [0.05, 0.1) is 7.11 Å². The second kappa shape index (κ2) is 8.15. The molecule has 0 radical (unpaired) electrons. The number of benzene rings is 2. The van der Waals surface area contributed by atoms with E-state index >= 15 is 0 Å². The Morgan fingerprint density at radius 1 is 1.19 bits per heavy atom. The minimum Gasteiger partial charge on any atom is -0.496 e. The third-order valence-electron chi connectivity index (χ3n) is 3.37. The first kappa shape index (κ1) is 16.8. The first-order valence-electron chi connectivity index (χ1n) is 6.95. The molecular formula is C17H19BrINO. The molecule has 2 nitrogen and oxygen atoms in total.